The summed E-state index contributed by atoms with van der Waals surface area (Å²) in [6.45, 7) is 3.54. The molecule has 7 nitrogen and oxygen atoms in total. The number of hydrogen-bond acceptors (Lipinski definition) is 5. The van der Waals surface area contributed by atoms with Gasteiger partial charge in [-0.3, -0.25) is 9.59 Å². The average Bonchev–Trinajstić information content (AvgIpc) is 2.79. The zero-order valence-electron chi connectivity index (χ0n) is 17.7. The number of rotatable bonds is 8. The molecule has 1 saturated heterocycles. The highest BCUT2D eigenvalue weighted by atomic mass is 35.5. The standard InChI is InChI=1S/C23H27ClN2O5/c1-3-30-18-5-7-19(8-6-18)31-15-22(27)25-17-10-12-26(13-11-17)23(28)20-14-16(24)4-9-21(20)29-2/h4-9,14,17H,3,10-13,15H2,1-2H3,(H,25,27). The Morgan fingerprint density at radius 2 is 1.71 bits per heavy atom. The second kappa shape index (κ2) is 10.9. The molecule has 0 radical (unpaired) electrons. The molecule has 1 heterocycles. The van der Waals surface area contributed by atoms with Crippen molar-refractivity contribution in [2.24, 2.45) is 0 Å². The van der Waals surface area contributed by atoms with Crippen LogP contribution in [0.5, 0.6) is 17.2 Å². The van der Waals surface area contributed by atoms with E-state index in [0.717, 1.165) is 5.75 Å². The maximum absolute atomic E-state index is 12.9. The Balaban J connectivity index is 1.45. The molecule has 2 aromatic rings. The lowest BCUT2D eigenvalue weighted by Gasteiger charge is -2.32. The highest BCUT2D eigenvalue weighted by Crippen LogP contribution is 2.25. The summed E-state index contributed by atoms with van der Waals surface area (Å²) in [4.78, 5) is 26.9. The number of amides is 2. The molecule has 2 aromatic carbocycles. The summed E-state index contributed by atoms with van der Waals surface area (Å²) in [7, 11) is 1.52. The first-order valence-corrected chi connectivity index (χ1v) is 10.7. The van der Waals surface area contributed by atoms with Crippen LogP contribution in [0.2, 0.25) is 5.02 Å². The minimum atomic E-state index is -0.185. The normalized spacial score (nSPS) is 14.1. The maximum Gasteiger partial charge on any atom is 0.258 e. The summed E-state index contributed by atoms with van der Waals surface area (Å²) in [6, 6.07) is 12.1. The number of hydrogen-bond donors (Lipinski definition) is 1. The van der Waals surface area contributed by atoms with E-state index >= 15 is 0 Å². The molecule has 1 fully saturated rings. The average molecular weight is 447 g/mol. The van der Waals surface area contributed by atoms with Crippen molar-refractivity contribution in [2.45, 2.75) is 25.8 Å². The van der Waals surface area contributed by atoms with Crippen molar-refractivity contribution in [3.63, 3.8) is 0 Å². The first kappa shape index (κ1) is 22.7. The molecule has 1 aliphatic rings. The Morgan fingerprint density at radius 3 is 2.32 bits per heavy atom. The van der Waals surface area contributed by atoms with E-state index in [2.05, 4.69) is 5.32 Å². The molecule has 3 rings (SSSR count). The molecule has 0 bridgehead atoms. The molecule has 2 amide bonds. The van der Waals surface area contributed by atoms with E-state index in [1.165, 1.54) is 7.11 Å². The van der Waals surface area contributed by atoms with Crippen LogP contribution < -0.4 is 19.5 Å². The first-order chi connectivity index (χ1) is 15.0. The van der Waals surface area contributed by atoms with Crippen molar-refractivity contribution in [1.82, 2.24) is 10.2 Å². The van der Waals surface area contributed by atoms with Crippen LogP contribution in [0.1, 0.15) is 30.1 Å². The van der Waals surface area contributed by atoms with E-state index in [0.29, 0.717) is 54.6 Å². The summed E-state index contributed by atoms with van der Waals surface area (Å²) in [5, 5.41) is 3.46. The number of ether oxygens (including phenoxy) is 3. The largest absolute Gasteiger partial charge is 0.496 e. The molecule has 8 heteroatoms. The molecular weight excluding hydrogens is 420 g/mol. The lowest BCUT2D eigenvalue weighted by molar-refractivity contribution is -0.124. The van der Waals surface area contributed by atoms with Gasteiger partial charge in [0.15, 0.2) is 6.61 Å². The number of carbonyl (C=O) groups excluding carboxylic acids is 2. The van der Waals surface area contributed by atoms with Crippen molar-refractivity contribution in [3.05, 3.63) is 53.1 Å². The zero-order chi connectivity index (χ0) is 22.2. The summed E-state index contributed by atoms with van der Waals surface area (Å²) in [5.74, 6) is 1.56. The van der Waals surface area contributed by atoms with Gasteiger partial charge in [0.05, 0.1) is 19.3 Å². The van der Waals surface area contributed by atoms with Crippen molar-refractivity contribution >= 4 is 23.4 Å². The van der Waals surface area contributed by atoms with Crippen LogP contribution in [0, 0.1) is 0 Å². The van der Waals surface area contributed by atoms with E-state index in [1.807, 2.05) is 6.92 Å². The van der Waals surface area contributed by atoms with Gasteiger partial charge in [-0.15, -0.1) is 0 Å². The van der Waals surface area contributed by atoms with Crippen LogP contribution >= 0.6 is 11.6 Å². The fourth-order valence-electron chi connectivity index (χ4n) is 3.46. The van der Waals surface area contributed by atoms with E-state index < -0.39 is 0 Å². The quantitative estimate of drug-likeness (QED) is 0.671. The van der Waals surface area contributed by atoms with Gasteiger partial charge < -0.3 is 24.4 Å². The Morgan fingerprint density at radius 1 is 1.06 bits per heavy atom. The maximum atomic E-state index is 12.9. The van der Waals surface area contributed by atoms with Gasteiger partial charge in [-0.1, -0.05) is 11.6 Å². The third kappa shape index (κ3) is 6.28. The van der Waals surface area contributed by atoms with E-state index in [4.69, 9.17) is 25.8 Å². The summed E-state index contributed by atoms with van der Waals surface area (Å²) < 4.78 is 16.2. The molecule has 0 spiro atoms. The van der Waals surface area contributed by atoms with E-state index in [9.17, 15) is 9.59 Å². The van der Waals surface area contributed by atoms with Crippen LogP contribution in [0.3, 0.4) is 0 Å². The fraction of sp³-hybridized carbons (Fsp3) is 0.391. The second-order valence-electron chi connectivity index (χ2n) is 7.17. The van der Waals surface area contributed by atoms with Gasteiger partial charge in [0.25, 0.3) is 11.8 Å². The third-order valence-electron chi connectivity index (χ3n) is 5.04. The molecule has 1 aliphatic heterocycles. The number of nitrogens with zero attached hydrogens (tertiary/aromatic N) is 1. The number of piperidine rings is 1. The number of benzene rings is 2. The molecule has 1 N–H and O–H groups in total. The van der Waals surface area contributed by atoms with E-state index in [-0.39, 0.29) is 24.5 Å². The lowest BCUT2D eigenvalue weighted by atomic mass is 10.0. The molecule has 0 unspecified atom stereocenters. The summed E-state index contributed by atoms with van der Waals surface area (Å²) in [5.41, 5.74) is 0.446. The van der Waals surface area contributed by atoms with Crippen molar-refractivity contribution in [1.29, 1.82) is 0 Å². The van der Waals surface area contributed by atoms with Crippen LogP contribution in [-0.4, -0.2) is 56.2 Å². The second-order valence-corrected chi connectivity index (χ2v) is 7.61. The Hall–Kier alpha value is -2.93. The molecule has 31 heavy (non-hydrogen) atoms. The lowest BCUT2D eigenvalue weighted by Crippen LogP contribution is -2.47. The van der Waals surface area contributed by atoms with Crippen molar-refractivity contribution in [2.75, 3.05) is 33.4 Å². The SMILES string of the molecule is CCOc1ccc(OCC(=O)NC2CCN(C(=O)c3cc(Cl)ccc3OC)CC2)cc1. The molecule has 0 aliphatic carbocycles. The van der Waals surface area contributed by atoms with Gasteiger partial charge in [-0.05, 0) is 62.2 Å². The number of nitrogens with one attached hydrogen (secondary N) is 1. The minimum Gasteiger partial charge on any atom is -0.496 e. The van der Waals surface area contributed by atoms with Crippen LogP contribution in [0.4, 0.5) is 0 Å². The fourth-order valence-corrected chi connectivity index (χ4v) is 3.63. The van der Waals surface area contributed by atoms with Gasteiger partial charge in [0, 0.05) is 24.2 Å². The van der Waals surface area contributed by atoms with Gasteiger partial charge in [-0.2, -0.15) is 0 Å². The first-order valence-electron chi connectivity index (χ1n) is 10.3. The summed E-state index contributed by atoms with van der Waals surface area (Å²) in [6.07, 6.45) is 1.34. The van der Waals surface area contributed by atoms with Crippen LogP contribution in [-0.2, 0) is 4.79 Å². The number of methoxy groups -OCH3 is 1. The van der Waals surface area contributed by atoms with Gasteiger partial charge >= 0.3 is 0 Å². The third-order valence-corrected chi connectivity index (χ3v) is 5.28. The summed E-state index contributed by atoms with van der Waals surface area (Å²) >= 11 is 6.04. The molecular formula is C23H27ClN2O5. The van der Waals surface area contributed by atoms with Crippen molar-refractivity contribution in [3.8, 4) is 17.2 Å². The van der Waals surface area contributed by atoms with Crippen molar-refractivity contribution < 1.29 is 23.8 Å². The highest BCUT2D eigenvalue weighted by Gasteiger charge is 2.26. The van der Waals surface area contributed by atoms with Gasteiger partial charge in [-0.25, -0.2) is 0 Å². The number of likely N-dealkylation sites (tertiary alicyclic amines) is 1. The van der Waals surface area contributed by atoms with Crippen LogP contribution in [0.15, 0.2) is 42.5 Å². The number of halogens is 1. The van der Waals surface area contributed by atoms with Crippen LogP contribution in [0.25, 0.3) is 0 Å². The zero-order valence-corrected chi connectivity index (χ0v) is 18.5. The molecule has 166 valence electrons. The smallest absolute Gasteiger partial charge is 0.258 e. The Labute approximate surface area is 187 Å². The number of carbonyl (C=O) groups is 2. The monoisotopic (exact) mass is 446 g/mol. The van der Waals surface area contributed by atoms with E-state index in [1.54, 1.807) is 47.4 Å². The van der Waals surface area contributed by atoms with Gasteiger partial charge in [0.1, 0.15) is 17.2 Å². The minimum absolute atomic E-state index is 0.00161. The molecule has 0 saturated carbocycles. The topological polar surface area (TPSA) is 77.1 Å². The predicted octanol–water partition coefficient (Wildman–Crippen LogP) is 3.55. The van der Waals surface area contributed by atoms with Gasteiger partial charge in [0.2, 0.25) is 0 Å². The predicted molar refractivity (Wildman–Crippen MR) is 118 cm³/mol. The highest BCUT2D eigenvalue weighted by molar-refractivity contribution is 6.31. The Kier molecular flexibility index (Phi) is 8.00. The molecule has 0 aromatic heterocycles. The molecule has 0 atom stereocenters. The Bertz CT molecular complexity index is 895.